The lowest BCUT2D eigenvalue weighted by Crippen LogP contribution is -2.40. The average Bonchev–Trinajstić information content (AvgIpc) is 3.10. The minimum atomic E-state index is -0.179. The lowest BCUT2D eigenvalue weighted by Gasteiger charge is -2.30. The van der Waals surface area contributed by atoms with Gasteiger partial charge in [0.2, 0.25) is 0 Å². The van der Waals surface area contributed by atoms with Gasteiger partial charge in [-0.05, 0) is 26.7 Å². The van der Waals surface area contributed by atoms with Gasteiger partial charge < -0.3 is 13.7 Å². The molecule has 0 spiro atoms. The van der Waals surface area contributed by atoms with Crippen LogP contribution in [0.25, 0.3) is 0 Å². The van der Waals surface area contributed by atoms with Gasteiger partial charge in [0.1, 0.15) is 12.0 Å². The average molecular weight is 290 g/mol. The normalized spacial score (nSPS) is 16.2. The maximum absolute atomic E-state index is 12.2. The topological polar surface area (TPSA) is 84.4 Å². The van der Waals surface area contributed by atoms with Crippen molar-refractivity contribution in [1.29, 1.82) is 0 Å². The highest BCUT2D eigenvalue weighted by atomic mass is 16.4. The number of carbonyl (C=O) groups excluding carboxylic acids is 1. The molecule has 1 fully saturated rings. The lowest BCUT2D eigenvalue weighted by atomic mass is 9.97. The van der Waals surface area contributed by atoms with Crippen molar-refractivity contribution in [3.63, 3.8) is 0 Å². The van der Waals surface area contributed by atoms with Crippen LogP contribution in [0.5, 0.6) is 0 Å². The first-order valence-corrected chi connectivity index (χ1v) is 7.03. The van der Waals surface area contributed by atoms with Crippen molar-refractivity contribution in [3.05, 3.63) is 29.8 Å². The van der Waals surface area contributed by atoms with Crippen molar-refractivity contribution in [2.75, 3.05) is 18.4 Å². The van der Waals surface area contributed by atoms with Gasteiger partial charge >= 0.3 is 12.0 Å². The quantitative estimate of drug-likeness (QED) is 0.919. The Morgan fingerprint density at radius 3 is 2.71 bits per heavy atom. The van der Waals surface area contributed by atoms with E-state index < -0.39 is 0 Å². The highest BCUT2D eigenvalue weighted by molar-refractivity contribution is 5.87. The second-order valence-corrected chi connectivity index (χ2v) is 5.22. The zero-order valence-electron chi connectivity index (χ0n) is 12.1. The smallest absolute Gasteiger partial charge is 0.325 e. The van der Waals surface area contributed by atoms with Gasteiger partial charge in [-0.3, -0.25) is 5.32 Å². The number of aromatic nitrogens is 2. The van der Waals surface area contributed by atoms with Gasteiger partial charge in [-0.1, -0.05) is 0 Å². The van der Waals surface area contributed by atoms with Crippen LogP contribution in [0, 0.1) is 13.8 Å². The van der Waals surface area contributed by atoms with E-state index in [9.17, 15) is 4.79 Å². The van der Waals surface area contributed by atoms with Crippen LogP contribution in [0.1, 0.15) is 36.1 Å². The SMILES string of the molecule is Cc1nc(NC(=O)N2CCC(c3ncco3)CC2)oc1C. The van der Waals surface area contributed by atoms with Crippen molar-refractivity contribution in [2.45, 2.75) is 32.6 Å². The van der Waals surface area contributed by atoms with Crippen LogP contribution in [0.4, 0.5) is 10.8 Å². The summed E-state index contributed by atoms with van der Waals surface area (Å²) in [5.41, 5.74) is 0.785. The third-order valence-electron chi connectivity index (χ3n) is 3.83. The van der Waals surface area contributed by atoms with E-state index in [2.05, 4.69) is 15.3 Å². The Morgan fingerprint density at radius 2 is 2.14 bits per heavy atom. The van der Waals surface area contributed by atoms with Crippen LogP contribution in [0.2, 0.25) is 0 Å². The Balaban J connectivity index is 1.55. The van der Waals surface area contributed by atoms with E-state index in [1.54, 1.807) is 17.4 Å². The molecule has 7 nitrogen and oxygen atoms in total. The summed E-state index contributed by atoms with van der Waals surface area (Å²) in [6.07, 6.45) is 4.93. The molecule has 2 amide bonds. The first kappa shape index (κ1) is 13.7. The van der Waals surface area contributed by atoms with Crippen LogP contribution in [0.15, 0.2) is 21.3 Å². The van der Waals surface area contributed by atoms with Crippen molar-refractivity contribution in [2.24, 2.45) is 0 Å². The van der Waals surface area contributed by atoms with E-state index in [-0.39, 0.29) is 18.0 Å². The Bertz CT molecular complexity index is 593. The summed E-state index contributed by atoms with van der Waals surface area (Å²) >= 11 is 0. The molecule has 3 rings (SSSR count). The number of urea groups is 1. The summed E-state index contributed by atoms with van der Waals surface area (Å²) in [5, 5.41) is 2.69. The molecule has 21 heavy (non-hydrogen) atoms. The van der Waals surface area contributed by atoms with Gasteiger partial charge in [-0.25, -0.2) is 9.78 Å². The highest BCUT2D eigenvalue weighted by Gasteiger charge is 2.26. The molecule has 2 aromatic rings. The molecule has 0 atom stereocenters. The number of carbonyl (C=O) groups is 1. The van der Waals surface area contributed by atoms with Crippen LogP contribution in [0.3, 0.4) is 0 Å². The number of hydrogen-bond donors (Lipinski definition) is 1. The van der Waals surface area contributed by atoms with Crippen molar-refractivity contribution >= 4 is 12.0 Å². The number of nitrogens with one attached hydrogen (secondary N) is 1. The molecule has 0 unspecified atom stereocenters. The predicted molar refractivity (Wildman–Crippen MR) is 75.0 cm³/mol. The zero-order chi connectivity index (χ0) is 14.8. The van der Waals surface area contributed by atoms with Crippen molar-refractivity contribution < 1.29 is 13.6 Å². The molecule has 0 aromatic carbocycles. The fourth-order valence-corrected chi connectivity index (χ4v) is 2.46. The number of piperidine rings is 1. The fraction of sp³-hybridized carbons (Fsp3) is 0.500. The van der Waals surface area contributed by atoms with Gasteiger partial charge in [0.15, 0.2) is 5.89 Å². The second kappa shape index (κ2) is 5.59. The van der Waals surface area contributed by atoms with E-state index in [4.69, 9.17) is 8.83 Å². The number of nitrogens with zero attached hydrogens (tertiary/aromatic N) is 3. The summed E-state index contributed by atoms with van der Waals surface area (Å²) in [6.45, 7) is 4.99. The van der Waals surface area contributed by atoms with Gasteiger partial charge in [0, 0.05) is 19.0 Å². The Labute approximate surface area is 122 Å². The van der Waals surface area contributed by atoms with Crippen molar-refractivity contribution in [1.82, 2.24) is 14.9 Å². The standard InChI is InChI=1S/C14H18N4O3/c1-9-10(2)21-13(16-9)17-14(19)18-6-3-11(4-7-18)12-15-5-8-20-12/h5,8,11H,3-4,6-7H2,1-2H3,(H,16,17,19). The number of rotatable bonds is 2. The third kappa shape index (κ3) is 2.91. The van der Waals surface area contributed by atoms with E-state index >= 15 is 0 Å². The van der Waals surface area contributed by atoms with Crippen LogP contribution >= 0.6 is 0 Å². The highest BCUT2D eigenvalue weighted by Crippen LogP contribution is 2.27. The fourth-order valence-electron chi connectivity index (χ4n) is 2.46. The van der Waals surface area contributed by atoms with Crippen molar-refractivity contribution in [3.8, 4) is 0 Å². The molecule has 0 radical (unpaired) electrons. The van der Waals surface area contributed by atoms with E-state index in [1.165, 1.54) is 0 Å². The Morgan fingerprint density at radius 1 is 1.38 bits per heavy atom. The Hall–Kier alpha value is -2.31. The summed E-state index contributed by atoms with van der Waals surface area (Å²) < 4.78 is 10.7. The summed E-state index contributed by atoms with van der Waals surface area (Å²) in [4.78, 5) is 22.2. The molecule has 1 saturated heterocycles. The van der Waals surface area contributed by atoms with Gasteiger partial charge in [-0.15, -0.1) is 0 Å². The molecule has 1 aliphatic rings. The first-order chi connectivity index (χ1) is 10.1. The number of likely N-dealkylation sites (tertiary alicyclic amines) is 1. The molecule has 7 heteroatoms. The number of amides is 2. The number of anilines is 1. The molecule has 1 aliphatic heterocycles. The summed E-state index contributed by atoms with van der Waals surface area (Å²) in [5.74, 6) is 1.76. The predicted octanol–water partition coefficient (Wildman–Crippen LogP) is 2.69. The van der Waals surface area contributed by atoms with Crippen LogP contribution in [-0.2, 0) is 0 Å². The molecule has 0 bridgehead atoms. The summed E-state index contributed by atoms with van der Waals surface area (Å²) in [7, 11) is 0. The van der Waals surface area contributed by atoms with Gasteiger partial charge in [-0.2, -0.15) is 4.98 Å². The lowest BCUT2D eigenvalue weighted by molar-refractivity contribution is 0.189. The van der Waals surface area contributed by atoms with Crippen LogP contribution in [-0.4, -0.2) is 34.0 Å². The van der Waals surface area contributed by atoms with Gasteiger partial charge in [0.05, 0.1) is 11.9 Å². The maximum Gasteiger partial charge on any atom is 0.325 e. The van der Waals surface area contributed by atoms with Crippen LogP contribution < -0.4 is 5.32 Å². The molecule has 2 aromatic heterocycles. The minimum Gasteiger partial charge on any atom is -0.449 e. The molecule has 0 saturated carbocycles. The number of hydrogen-bond acceptors (Lipinski definition) is 5. The monoisotopic (exact) mass is 290 g/mol. The van der Waals surface area contributed by atoms with E-state index in [1.807, 2.05) is 13.8 Å². The Kier molecular flexibility index (Phi) is 3.64. The van der Waals surface area contributed by atoms with Gasteiger partial charge in [0.25, 0.3) is 0 Å². The third-order valence-corrected chi connectivity index (χ3v) is 3.83. The second-order valence-electron chi connectivity index (χ2n) is 5.22. The summed E-state index contributed by atoms with van der Waals surface area (Å²) in [6, 6.07) is 0.0759. The molecular formula is C14H18N4O3. The largest absolute Gasteiger partial charge is 0.449 e. The molecular weight excluding hydrogens is 272 g/mol. The first-order valence-electron chi connectivity index (χ1n) is 7.03. The van der Waals surface area contributed by atoms with E-state index in [0.717, 1.165) is 24.4 Å². The molecule has 3 heterocycles. The molecule has 112 valence electrons. The maximum atomic E-state index is 12.2. The minimum absolute atomic E-state index is 0.179. The molecule has 0 aliphatic carbocycles. The number of aryl methyl sites for hydroxylation is 2. The van der Waals surface area contributed by atoms with E-state index in [0.29, 0.717) is 18.8 Å². The zero-order valence-corrected chi connectivity index (χ0v) is 12.1. The molecule has 1 N–H and O–H groups in total. The number of oxazole rings is 2.